The van der Waals surface area contributed by atoms with Crippen LogP contribution in [0.2, 0.25) is 0 Å². The molecule has 0 bridgehead atoms. The summed E-state index contributed by atoms with van der Waals surface area (Å²) < 4.78 is 0. The molecule has 29 heavy (non-hydrogen) atoms. The van der Waals surface area contributed by atoms with Crippen molar-refractivity contribution in [1.29, 1.82) is 0 Å². The maximum atomic E-state index is 4.42. The second-order valence-electron chi connectivity index (χ2n) is 7.69. The quantitative estimate of drug-likeness (QED) is 0.322. The number of halogens is 1. The molecule has 5 nitrogen and oxygen atoms in total. The number of thiazole rings is 1. The highest BCUT2D eigenvalue weighted by molar-refractivity contribution is 14.0. The Hall–Kier alpha value is -1.19. The molecule has 1 aromatic carbocycles. The van der Waals surface area contributed by atoms with Gasteiger partial charge in [0.05, 0.1) is 5.01 Å². The molecule has 0 saturated carbocycles. The number of nitrogens with one attached hydrogen (secondary N) is 2. The van der Waals surface area contributed by atoms with E-state index in [1.807, 2.05) is 13.2 Å². The van der Waals surface area contributed by atoms with E-state index in [1.54, 1.807) is 11.3 Å². The van der Waals surface area contributed by atoms with Crippen molar-refractivity contribution in [3.63, 3.8) is 0 Å². The van der Waals surface area contributed by atoms with Gasteiger partial charge in [-0.25, -0.2) is 4.98 Å². The molecule has 0 amide bonds. The minimum Gasteiger partial charge on any atom is -0.356 e. The number of guanidine groups is 1. The van der Waals surface area contributed by atoms with Crippen LogP contribution in [0.15, 0.2) is 35.5 Å². The van der Waals surface area contributed by atoms with E-state index in [4.69, 9.17) is 0 Å². The standard InChI is InChI=1S/C22H33N5S.HI/c1-17-9-12-27(13-10-17)16-20-7-5-4-6-19(20)15-26-22(23-3)24-11-8-21-25-14-18(2)28-21;/h4-7,14,17H,8-13,15-16H2,1-3H3,(H2,23,24,26);1H. The van der Waals surface area contributed by atoms with Crippen molar-refractivity contribution in [2.45, 2.75) is 46.2 Å². The van der Waals surface area contributed by atoms with Gasteiger partial charge in [0.25, 0.3) is 0 Å². The van der Waals surface area contributed by atoms with E-state index >= 15 is 0 Å². The van der Waals surface area contributed by atoms with E-state index < -0.39 is 0 Å². The number of piperidine rings is 1. The summed E-state index contributed by atoms with van der Waals surface area (Å²) in [5.41, 5.74) is 2.76. The van der Waals surface area contributed by atoms with Gasteiger partial charge in [0.15, 0.2) is 5.96 Å². The van der Waals surface area contributed by atoms with E-state index in [9.17, 15) is 0 Å². The van der Waals surface area contributed by atoms with Gasteiger partial charge in [-0.1, -0.05) is 31.2 Å². The zero-order valence-electron chi connectivity index (χ0n) is 17.8. The van der Waals surface area contributed by atoms with Gasteiger partial charge in [-0.05, 0) is 49.9 Å². The van der Waals surface area contributed by atoms with Crippen LogP contribution in [0.3, 0.4) is 0 Å². The molecule has 1 fully saturated rings. The van der Waals surface area contributed by atoms with Crippen molar-refractivity contribution in [1.82, 2.24) is 20.5 Å². The van der Waals surface area contributed by atoms with Crippen molar-refractivity contribution in [2.24, 2.45) is 10.9 Å². The zero-order valence-corrected chi connectivity index (χ0v) is 20.9. The van der Waals surface area contributed by atoms with Crippen molar-refractivity contribution in [3.8, 4) is 0 Å². The molecule has 1 aliphatic heterocycles. The van der Waals surface area contributed by atoms with Crippen LogP contribution in [0.4, 0.5) is 0 Å². The van der Waals surface area contributed by atoms with Crippen molar-refractivity contribution in [3.05, 3.63) is 51.5 Å². The lowest BCUT2D eigenvalue weighted by molar-refractivity contribution is 0.185. The lowest BCUT2D eigenvalue weighted by Crippen LogP contribution is -2.38. The molecular weight excluding hydrogens is 493 g/mol. The second kappa shape index (κ2) is 12.5. The van der Waals surface area contributed by atoms with E-state index in [1.165, 1.54) is 46.9 Å². The number of hydrogen-bond donors (Lipinski definition) is 2. The van der Waals surface area contributed by atoms with Gasteiger partial charge in [0.1, 0.15) is 0 Å². The third-order valence-corrected chi connectivity index (χ3v) is 6.33. The van der Waals surface area contributed by atoms with Gasteiger partial charge >= 0.3 is 0 Å². The molecule has 0 atom stereocenters. The highest BCUT2D eigenvalue weighted by Crippen LogP contribution is 2.19. The minimum absolute atomic E-state index is 0. The number of aliphatic imine (C=N–C) groups is 1. The molecular formula is C22H34IN5S. The Kier molecular flexibility index (Phi) is 10.4. The Morgan fingerprint density at radius 3 is 2.59 bits per heavy atom. The number of aryl methyl sites for hydroxylation is 1. The lowest BCUT2D eigenvalue weighted by Gasteiger charge is -2.30. The molecule has 1 aromatic heterocycles. The molecule has 2 aromatic rings. The van der Waals surface area contributed by atoms with Gasteiger partial charge in [-0.15, -0.1) is 35.3 Å². The summed E-state index contributed by atoms with van der Waals surface area (Å²) in [7, 11) is 1.82. The van der Waals surface area contributed by atoms with Gasteiger partial charge in [0.2, 0.25) is 0 Å². The summed E-state index contributed by atoms with van der Waals surface area (Å²) in [6.45, 7) is 9.54. The minimum atomic E-state index is 0. The number of aromatic nitrogens is 1. The Labute approximate surface area is 196 Å². The van der Waals surface area contributed by atoms with Crippen LogP contribution in [-0.2, 0) is 19.5 Å². The molecule has 160 valence electrons. The Morgan fingerprint density at radius 1 is 1.21 bits per heavy atom. The first-order valence-corrected chi connectivity index (χ1v) is 11.1. The molecule has 7 heteroatoms. The van der Waals surface area contributed by atoms with Crippen LogP contribution >= 0.6 is 35.3 Å². The highest BCUT2D eigenvalue weighted by atomic mass is 127. The summed E-state index contributed by atoms with van der Waals surface area (Å²) in [6.07, 6.45) is 5.49. The maximum Gasteiger partial charge on any atom is 0.191 e. The number of nitrogens with zero attached hydrogens (tertiary/aromatic N) is 3. The van der Waals surface area contributed by atoms with E-state index in [0.717, 1.165) is 37.9 Å². The molecule has 0 spiro atoms. The summed E-state index contributed by atoms with van der Waals surface area (Å²) in [4.78, 5) is 12.6. The molecule has 0 radical (unpaired) electrons. The molecule has 0 unspecified atom stereocenters. The lowest BCUT2D eigenvalue weighted by atomic mass is 9.98. The van der Waals surface area contributed by atoms with Crippen molar-refractivity contribution in [2.75, 3.05) is 26.7 Å². The highest BCUT2D eigenvalue weighted by Gasteiger charge is 2.16. The first-order valence-electron chi connectivity index (χ1n) is 10.3. The number of benzene rings is 1. The molecule has 3 rings (SSSR count). The molecule has 1 aliphatic rings. The first-order chi connectivity index (χ1) is 13.6. The topological polar surface area (TPSA) is 52.6 Å². The SMILES string of the molecule is CN=C(NCCc1ncc(C)s1)NCc1ccccc1CN1CCC(C)CC1.I. The fourth-order valence-electron chi connectivity index (χ4n) is 3.55. The van der Waals surface area contributed by atoms with Gasteiger partial charge in [-0.3, -0.25) is 9.89 Å². The van der Waals surface area contributed by atoms with E-state index in [2.05, 4.69) is 63.6 Å². The van der Waals surface area contributed by atoms with Crippen LogP contribution in [0, 0.1) is 12.8 Å². The van der Waals surface area contributed by atoms with Gasteiger partial charge < -0.3 is 10.6 Å². The average Bonchev–Trinajstić information content (AvgIpc) is 3.12. The van der Waals surface area contributed by atoms with E-state index in [-0.39, 0.29) is 24.0 Å². The normalized spacial score (nSPS) is 15.8. The Morgan fingerprint density at radius 2 is 1.93 bits per heavy atom. The predicted molar refractivity (Wildman–Crippen MR) is 134 cm³/mol. The largest absolute Gasteiger partial charge is 0.356 e. The monoisotopic (exact) mass is 527 g/mol. The van der Waals surface area contributed by atoms with Crippen LogP contribution in [0.1, 0.15) is 40.8 Å². The predicted octanol–water partition coefficient (Wildman–Crippen LogP) is 4.21. The Balaban J connectivity index is 0.00000300. The molecule has 2 heterocycles. The zero-order chi connectivity index (χ0) is 19.8. The second-order valence-corrected chi connectivity index (χ2v) is 9.01. The maximum absolute atomic E-state index is 4.42. The van der Waals surface area contributed by atoms with Crippen molar-refractivity contribution < 1.29 is 0 Å². The smallest absolute Gasteiger partial charge is 0.191 e. The third kappa shape index (κ3) is 7.86. The van der Waals surface area contributed by atoms with Crippen molar-refractivity contribution >= 4 is 41.3 Å². The fraction of sp³-hybridized carbons (Fsp3) is 0.545. The van der Waals surface area contributed by atoms with Gasteiger partial charge in [0, 0.05) is 44.2 Å². The number of hydrogen-bond acceptors (Lipinski definition) is 4. The number of likely N-dealkylation sites (tertiary alicyclic amines) is 1. The summed E-state index contributed by atoms with van der Waals surface area (Å²) in [5, 5.41) is 8.03. The third-order valence-electron chi connectivity index (χ3n) is 5.36. The fourth-order valence-corrected chi connectivity index (χ4v) is 4.34. The summed E-state index contributed by atoms with van der Waals surface area (Å²) in [6, 6.07) is 8.75. The Bertz CT molecular complexity index is 768. The summed E-state index contributed by atoms with van der Waals surface area (Å²) in [5.74, 6) is 1.71. The van der Waals surface area contributed by atoms with Crippen LogP contribution in [-0.4, -0.2) is 42.5 Å². The van der Waals surface area contributed by atoms with E-state index in [0.29, 0.717) is 0 Å². The first kappa shape index (κ1) is 24.1. The van der Waals surface area contributed by atoms with Crippen LogP contribution in [0.5, 0.6) is 0 Å². The molecule has 2 N–H and O–H groups in total. The van der Waals surface area contributed by atoms with Gasteiger partial charge in [-0.2, -0.15) is 0 Å². The van der Waals surface area contributed by atoms with Crippen LogP contribution < -0.4 is 10.6 Å². The number of rotatable bonds is 7. The summed E-state index contributed by atoms with van der Waals surface area (Å²) >= 11 is 1.76. The average molecular weight is 528 g/mol. The van der Waals surface area contributed by atoms with Crippen LogP contribution in [0.25, 0.3) is 0 Å². The molecule has 1 saturated heterocycles. The molecule has 0 aliphatic carbocycles.